The van der Waals surface area contributed by atoms with Crippen LogP contribution in [0.15, 0.2) is 16.6 Å². The summed E-state index contributed by atoms with van der Waals surface area (Å²) in [6.45, 7) is 0.544. The first-order chi connectivity index (χ1) is 9.45. The van der Waals surface area contributed by atoms with Crippen LogP contribution in [-0.4, -0.2) is 37.6 Å². The first-order valence-corrected chi connectivity index (χ1v) is 6.38. The van der Waals surface area contributed by atoms with Crippen LogP contribution < -0.4 is 10.6 Å². The average Bonchev–Trinajstić information content (AvgIpc) is 2.39. The maximum atomic E-state index is 13.3. The van der Waals surface area contributed by atoms with Gasteiger partial charge in [0.15, 0.2) is 0 Å². The molecule has 1 amide bonds. The predicted octanol–water partition coefficient (Wildman–Crippen LogP) is 1.67. The van der Waals surface area contributed by atoms with Gasteiger partial charge in [0, 0.05) is 13.7 Å². The van der Waals surface area contributed by atoms with Gasteiger partial charge in [0.2, 0.25) is 5.91 Å². The average molecular weight is 350 g/mol. The zero-order valence-electron chi connectivity index (χ0n) is 10.6. The smallest absolute Gasteiger partial charge is 0.295 e. The Labute approximate surface area is 122 Å². The number of nitro groups is 1. The Kier molecular flexibility index (Phi) is 6.32. The van der Waals surface area contributed by atoms with E-state index >= 15 is 0 Å². The molecule has 0 aliphatic heterocycles. The van der Waals surface area contributed by atoms with Crippen molar-refractivity contribution >= 4 is 33.2 Å². The molecule has 0 saturated carbocycles. The lowest BCUT2D eigenvalue weighted by atomic mass is 10.2. The molecular formula is C11H13BrFN3O4. The molecule has 0 aliphatic carbocycles. The van der Waals surface area contributed by atoms with E-state index in [0.717, 1.165) is 6.07 Å². The van der Waals surface area contributed by atoms with Gasteiger partial charge in [0.1, 0.15) is 11.5 Å². The fraction of sp³-hybridized carbons (Fsp3) is 0.364. The zero-order valence-corrected chi connectivity index (χ0v) is 12.2. The van der Waals surface area contributed by atoms with Gasteiger partial charge in [0.05, 0.1) is 28.6 Å². The topological polar surface area (TPSA) is 93.5 Å². The molecule has 7 nitrogen and oxygen atoms in total. The summed E-state index contributed by atoms with van der Waals surface area (Å²) in [4.78, 5) is 21.5. The molecule has 0 bridgehead atoms. The quantitative estimate of drug-likeness (QED) is 0.443. The largest absolute Gasteiger partial charge is 0.383 e. The normalized spacial score (nSPS) is 10.2. The molecule has 0 saturated heterocycles. The van der Waals surface area contributed by atoms with E-state index in [1.165, 1.54) is 13.2 Å². The number of methoxy groups -OCH3 is 1. The van der Waals surface area contributed by atoms with E-state index in [1.807, 2.05) is 0 Å². The van der Waals surface area contributed by atoms with Crippen molar-refractivity contribution in [3.05, 3.63) is 32.5 Å². The lowest BCUT2D eigenvalue weighted by Gasteiger charge is -2.08. The van der Waals surface area contributed by atoms with Crippen LogP contribution in [0.25, 0.3) is 0 Å². The number of nitrogens with zero attached hydrogens (tertiary/aromatic N) is 1. The van der Waals surface area contributed by atoms with Crippen molar-refractivity contribution in [3.8, 4) is 0 Å². The van der Waals surface area contributed by atoms with Crippen LogP contribution in [0.4, 0.5) is 15.8 Å². The van der Waals surface area contributed by atoms with E-state index in [0.29, 0.717) is 13.2 Å². The van der Waals surface area contributed by atoms with E-state index < -0.39 is 16.4 Å². The van der Waals surface area contributed by atoms with Gasteiger partial charge in [0.25, 0.3) is 5.69 Å². The first kappa shape index (κ1) is 16.3. The van der Waals surface area contributed by atoms with Crippen molar-refractivity contribution < 1.29 is 18.8 Å². The molecule has 0 spiro atoms. The van der Waals surface area contributed by atoms with Gasteiger partial charge >= 0.3 is 0 Å². The summed E-state index contributed by atoms with van der Waals surface area (Å²) in [7, 11) is 1.50. The molecule has 0 heterocycles. The number of amides is 1. The Morgan fingerprint density at radius 3 is 2.85 bits per heavy atom. The first-order valence-electron chi connectivity index (χ1n) is 5.58. The summed E-state index contributed by atoms with van der Waals surface area (Å²) in [5.74, 6) is -1.09. The van der Waals surface area contributed by atoms with Crippen molar-refractivity contribution in [2.24, 2.45) is 0 Å². The number of nitro benzene ring substituents is 1. The molecular weight excluding hydrogens is 337 g/mol. The maximum Gasteiger partial charge on any atom is 0.295 e. The Balaban J connectivity index is 2.69. The standard InChI is InChI=1S/C11H13BrFN3O4/c1-20-3-2-14-11(17)6-15-9-4-7(12)8(13)5-10(9)16(18)19/h4-5,15H,2-3,6H2,1H3,(H,14,17). The Morgan fingerprint density at radius 2 is 2.25 bits per heavy atom. The van der Waals surface area contributed by atoms with Crippen molar-refractivity contribution in [1.82, 2.24) is 5.32 Å². The lowest BCUT2D eigenvalue weighted by Crippen LogP contribution is -2.32. The summed E-state index contributed by atoms with van der Waals surface area (Å²) in [6, 6.07) is 2.01. The van der Waals surface area contributed by atoms with Crippen LogP contribution in [0.2, 0.25) is 0 Å². The zero-order chi connectivity index (χ0) is 15.1. The van der Waals surface area contributed by atoms with E-state index in [4.69, 9.17) is 4.74 Å². The van der Waals surface area contributed by atoms with Gasteiger partial charge in [-0.25, -0.2) is 4.39 Å². The van der Waals surface area contributed by atoms with Crippen LogP contribution in [0.3, 0.4) is 0 Å². The third kappa shape index (κ3) is 4.74. The van der Waals surface area contributed by atoms with Crippen LogP contribution in [0.5, 0.6) is 0 Å². The molecule has 1 aromatic rings. The molecule has 1 rings (SSSR count). The third-order valence-electron chi connectivity index (χ3n) is 2.30. The molecule has 0 aliphatic rings. The molecule has 0 atom stereocenters. The van der Waals surface area contributed by atoms with Gasteiger partial charge in [-0.1, -0.05) is 0 Å². The predicted molar refractivity (Wildman–Crippen MR) is 74.1 cm³/mol. The summed E-state index contributed by atoms with van der Waals surface area (Å²) in [5, 5.41) is 16.0. The number of carbonyl (C=O) groups excluding carboxylic acids is 1. The second-order valence-electron chi connectivity index (χ2n) is 3.74. The number of rotatable bonds is 7. The second-order valence-corrected chi connectivity index (χ2v) is 4.59. The monoisotopic (exact) mass is 349 g/mol. The number of benzene rings is 1. The molecule has 0 unspecified atom stereocenters. The fourth-order valence-corrected chi connectivity index (χ4v) is 1.70. The third-order valence-corrected chi connectivity index (χ3v) is 2.91. The van der Waals surface area contributed by atoms with Crippen LogP contribution in [-0.2, 0) is 9.53 Å². The molecule has 2 N–H and O–H groups in total. The SMILES string of the molecule is COCCNC(=O)CNc1cc(Br)c(F)cc1[N+](=O)[O-]. The number of hydrogen-bond acceptors (Lipinski definition) is 5. The summed E-state index contributed by atoms with van der Waals surface area (Å²) in [6.07, 6.45) is 0. The number of carbonyl (C=O) groups is 1. The van der Waals surface area contributed by atoms with Crippen molar-refractivity contribution in [2.75, 3.05) is 32.1 Å². The van der Waals surface area contributed by atoms with Gasteiger partial charge in [-0.15, -0.1) is 0 Å². The lowest BCUT2D eigenvalue weighted by molar-refractivity contribution is -0.384. The van der Waals surface area contributed by atoms with Crippen molar-refractivity contribution in [3.63, 3.8) is 0 Å². The maximum absolute atomic E-state index is 13.3. The molecule has 1 aromatic carbocycles. The number of nitrogens with one attached hydrogen (secondary N) is 2. The van der Waals surface area contributed by atoms with E-state index in [9.17, 15) is 19.3 Å². The summed E-state index contributed by atoms with van der Waals surface area (Å²) < 4.78 is 18.1. The van der Waals surface area contributed by atoms with Crippen molar-refractivity contribution in [2.45, 2.75) is 0 Å². The van der Waals surface area contributed by atoms with Gasteiger partial charge < -0.3 is 15.4 Å². The fourth-order valence-electron chi connectivity index (χ4n) is 1.36. The minimum atomic E-state index is -0.744. The molecule has 110 valence electrons. The highest BCUT2D eigenvalue weighted by atomic mass is 79.9. The van der Waals surface area contributed by atoms with Crippen LogP contribution in [0, 0.1) is 15.9 Å². The second kappa shape index (κ2) is 7.75. The Hall–Kier alpha value is -1.74. The molecule has 0 fully saturated rings. The highest BCUT2D eigenvalue weighted by Crippen LogP contribution is 2.30. The number of anilines is 1. The minimum absolute atomic E-state index is 0.0603. The summed E-state index contributed by atoms with van der Waals surface area (Å²) in [5.41, 5.74) is -0.374. The molecule has 9 heteroatoms. The van der Waals surface area contributed by atoms with E-state index in [-0.39, 0.29) is 22.6 Å². The van der Waals surface area contributed by atoms with Crippen LogP contribution >= 0.6 is 15.9 Å². The number of hydrogen-bond donors (Lipinski definition) is 2. The van der Waals surface area contributed by atoms with Gasteiger partial charge in [-0.2, -0.15) is 0 Å². The van der Waals surface area contributed by atoms with E-state index in [2.05, 4.69) is 26.6 Å². The summed E-state index contributed by atoms with van der Waals surface area (Å²) >= 11 is 2.93. The van der Waals surface area contributed by atoms with Crippen molar-refractivity contribution in [1.29, 1.82) is 0 Å². The highest BCUT2D eigenvalue weighted by Gasteiger charge is 2.18. The molecule has 20 heavy (non-hydrogen) atoms. The van der Waals surface area contributed by atoms with E-state index in [1.54, 1.807) is 0 Å². The highest BCUT2D eigenvalue weighted by molar-refractivity contribution is 9.10. The Bertz CT molecular complexity index is 513. The molecule has 0 aromatic heterocycles. The minimum Gasteiger partial charge on any atom is -0.383 e. The number of halogens is 2. The van der Waals surface area contributed by atoms with Crippen LogP contribution in [0.1, 0.15) is 0 Å². The number of ether oxygens (including phenoxy) is 1. The van der Waals surface area contributed by atoms with Gasteiger partial charge in [-0.3, -0.25) is 14.9 Å². The Morgan fingerprint density at radius 1 is 1.55 bits per heavy atom. The molecule has 0 radical (unpaired) electrons. The van der Waals surface area contributed by atoms with Gasteiger partial charge in [-0.05, 0) is 22.0 Å².